The van der Waals surface area contributed by atoms with Gasteiger partial charge >= 0.3 is 0 Å². The van der Waals surface area contributed by atoms with E-state index in [0.717, 1.165) is 54.3 Å². The molecule has 0 saturated carbocycles. The van der Waals surface area contributed by atoms with Gasteiger partial charge in [0.05, 0.1) is 30.6 Å². The molecule has 0 N–H and O–H groups in total. The molecule has 0 amide bonds. The lowest BCUT2D eigenvalue weighted by atomic mass is 10.1. The molecule has 4 nitrogen and oxygen atoms in total. The van der Waals surface area contributed by atoms with Gasteiger partial charge in [-0.05, 0) is 35.1 Å². The second-order valence-electron chi connectivity index (χ2n) is 7.16. The van der Waals surface area contributed by atoms with E-state index in [9.17, 15) is 0 Å². The molecule has 1 unspecified atom stereocenters. The smallest absolute Gasteiger partial charge is 0.156 e. The van der Waals surface area contributed by atoms with Gasteiger partial charge in [0.15, 0.2) is 11.3 Å². The van der Waals surface area contributed by atoms with Gasteiger partial charge in [0.2, 0.25) is 0 Å². The first-order valence-electron chi connectivity index (χ1n) is 9.84. The summed E-state index contributed by atoms with van der Waals surface area (Å²) in [6.45, 7) is 4.98. The zero-order valence-corrected chi connectivity index (χ0v) is 17.5. The van der Waals surface area contributed by atoms with E-state index in [4.69, 9.17) is 25.8 Å². The molecule has 29 heavy (non-hydrogen) atoms. The fraction of sp³-hybridized carbons (Fsp3) is 0.304. The molecule has 1 fully saturated rings. The molecular weight excluding hydrogens is 406 g/mol. The molecule has 0 bridgehead atoms. The Labute approximate surface area is 178 Å². The van der Waals surface area contributed by atoms with E-state index in [1.165, 1.54) is 15.0 Å². The SMILES string of the molecule is ClC(OCCN1CCOCC1)c1ccc2c(c1)=c1sc3c(c1C=CC=2)OC=CC=3. The van der Waals surface area contributed by atoms with Crippen molar-refractivity contribution in [3.8, 4) is 5.75 Å². The van der Waals surface area contributed by atoms with Crippen LogP contribution in [0.5, 0.6) is 5.75 Å². The van der Waals surface area contributed by atoms with Gasteiger partial charge in [-0.1, -0.05) is 35.9 Å². The number of rotatable bonds is 5. The Hall–Kier alpha value is -1.89. The van der Waals surface area contributed by atoms with Crippen LogP contribution in [0.25, 0.3) is 18.2 Å². The Morgan fingerprint density at radius 1 is 1.17 bits per heavy atom. The van der Waals surface area contributed by atoms with Gasteiger partial charge < -0.3 is 14.2 Å². The zero-order chi connectivity index (χ0) is 19.6. The van der Waals surface area contributed by atoms with Crippen LogP contribution in [0.15, 0.2) is 36.6 Å². The van der Waals surface area contributed by atoms with Crippen molar-refractivity contribution in [2.24, 2.45) is 0 Å². The van der Waals surface area contributed by atoms with Crippen LogP contribution in [0.2, 0.25) is 0 Å². The summed E-state index contributed by atoms with van der Waals surface area (Å²) < 4.78 is 19.5. The molecular formula is C23H22ClNO3S. The summed E-state index contributed by atoms with van der Waals surface area (Å²) in [5.41, 5.74) is 1.63. The molecule has 3 aliphatic rings. The predicted molar refractivity (Wildman–Crippen MR) is 117 cm³/mol. The summed E-state index contributed by atoms with van der Waals surface area (Å²) >= 11 is 8.35. The summed E-state index contributed by atoms with van der Waals surface area (Å²) in [4.78, 5) is 2.34. The minimum Gasteiger partial charge on any atom is -0.463 e. The van der Waals surface area contributed by atoms with Crippen LogP contribution in [0.4, 0.5) is 0 Å². The normalized spacial score (nSPS) is 18.5. The first-order chi connectivity index (χ1) is 14.3. The van der Waals surface area contributed by atoms with Crippen molar-refractivity contribution in [3.05, 3.63) is 67.2 Å². The largest absolute Gasteiger partial charge is 0.463 e. The van der Waals surface area contributed by atoms with Crippen molar-refractivity contribution in [1.82, 2.24) is 4.90 Å². The first kappa shape index (κ1) is 19.1. The first-order valence-corrected chi connectivity index (χ1v) is 11.1. The maximum Gasteiger partial charge on any atom is 0.156 e. The number of halogens is 1. The van der Waals surface area contributed by atoms with Gasteiger partial charge in [0, 0.05) is 34.9 Å². The molecule has 3 heterocycles. The van der Waals surface area contributed by atoms with Crippen molar-refractivity contribution in [2.45, 2.75) is 5.56 Å². The van der Waals surface area contributed by atoms with Crippen LogP contribution in [-0.2, 0) is 9.47 Å². The zero-order valence-electron chi connectivity index (χ0n) is 16.0. The number of alkyl halides is 1. The molecule has 1 aromatic carbocycles. The second kappa shape index (κ2) is 8.46. The van der Waals surface area contributed by atoms with Crippen molar-refractivity contribution in [1.29, 1.82) is 0 Å². The van der Waals surface area contributed by atoms with Crippen LogP contribution >= 0.6 is 22.9 Å². The Kier molecular flexibility index (Phi) is 5.57. The molecule has 1 atom stereocenters. The highest BCUT2D eigenvalue weighted by Gasteiger charge is 2.15. The monoisotopic (exact) mass is 427 g/mol. The fourth-order valence-electron chi connectivity index (χ4n) is 3.78. The Morgan fingerprint density at radius 2 is 2.07 bits per heavy atom. The van der Waals surface area contributed by atoms with E-state index < -0.39 is 5.56 Å². The topological polar surface area (TPSA) is 30.9 Å². The highest BCUT2D eigenvalue weighted by atomic mass is 35.5. The number of hydrogen-bond donors (Lipinski definition) is 0. The lowest BCUT2D eigenvalue weighted by Crippen LogP contribution is -2.38. The minimum atomic E-state index is -0.472. The van der Waals surface area contributed by atoms with E-state index in [1.54, 1.807) is 17.6 Å². The Balaban J connectivity index is 1.44. The number of morpholine rings is 1. The van der Waals surface area contributed by atoms with E-state index in [-0.39, 0.29) is 0 Å². The van der Waals surface area contributed by atoms with Crippen LogP contribution in [-0.4, -0.2) is 44.4 Å². The predicted octanol–water partition coefficient (Wildman–Crippen LogP) is 3.12. The van der Waals surface area contributed by atoms with Crippen LogP contribution in [0.3, 0.4) is 0 Å². The third-order valence-electron chi connectivity index (χ3n) is 5.34. The average molecular weight is 428 g/mol. The van der Waals surface area contributed by atoms with Gasteiger partial charge in [-0.25, -0.2) is 0 Å². The molecule has 0 spiro atoms. The highest BCUT2D eigenvalue weighted by molar-refractivity contribution is 7.08. The third kappa shape index (κ3) is 3.93. The lowest BCUT2D eigenvalue weighted by Gasteiger charge is -2.26. The number of benzene rings is 1. The quantitative estimate of drug-likeness (QED) is 0.686. The number of hydrogen-bond acceptors (Lipinski definition) is 5. The van der Waals surface area contributed by atoms with Crippen LogP contribution in [0, 0.1) is 9.75 Å². The lowest BCUT2D eigenvalue weighted by molar-refractivity contribution is 0.0158. The highest BCUT2D eigenvalue weighted by Crippen LogP contribution is 2.27. The van der Waals surface area contributed by atoms with Gasteiger partial charge in [0.25, 0.3) is 0 Å². The van der Waals surface area contributed by atoms with Crippen LogP contribution < -0.4 is 14.5 Å². The van der Waals surface area contributed by atoms with Gasteiger partial charge in [-0.15, -0.1) is 11.3 Å². The van der Waals surface area contributed by atoms with Gasteiger partial charge in [-0.3, -0.25) is 4.90 Å². The molecule has 5 rings (SSSR count). The average Bonchev–Trinajstić information content (AvgIpc) is 3.03. The minimum absolute atomic E-state index is 0.472. The van der Waals surface area contributed by atoms with Crippen molar-refractivity contribution in [2.75, 3.05) is 39.5 Å². The third-order valence-corrected chi connectivity index (χ3v) is 6.90. The van der Waals surface area contributed by atoms with Crippen molar-refractivity contribution < 1.29 is 14.2 Å². The van der Waals surface area contributed by atoms with E-state index >= 15 is 0 Å². The molecule has 2 aromatic rings. The second-order valence-corrected chi connectivity index (χ2v) is 8.61. The molecule has 2 aliphatic heterocycles. The maximum absolute atomic E-state index is 6.61. The Bertz CT molecular complexity index is 1180. The molecule has 150 valence electrons. The Morgan fingerprint density at radius 3 is 2.97 bits per heavy atom. The van der Waals surface area contributed by atoms with Crippen molar-refractivity contribution >= 4 is 41.2 Å². The number of nitrogens with zero attached hydrogens (tertiary/aromatic N) is 1. The van der Waals surface area contributed by atoms with Crippen LogP contribution in [0.1, 0.15) is 16.7 Å². The molecule has 6 heteroatoms. The van der Waals surface area contributed by atoms with E-state index in [0.29, 0.717) is 6.61 Å². The summed E-state index contributed by atoms with van der Waals surface area (Å²) in [7, 11) is 0. The molecule has 1 aromatic heterocycles. The summed E-state index contributed by atoms with van der Waals surface area (Å²) in [5, 5.41) is 2.34. The standard InChI is InChI=1S/C23H22ClNO3S/c24-23(28-14-10-25-8-12-26-13-9-25)17-7-6-16-3-1-4-18-21-20(5-2-11-27-21)29-22(18)19(16)15-17/h1-7,11,15,23H,8-10,12-14H2. The van der Waals surface area contributed by atoms with Crippen molar-refractivity contribution in [3.63, 3.8) is 0 Å². The van der Waals surface area contributed by atoms with Gasteiger partial charge in [-0.2, -0.15) is 0 Å². The van der Waals surface area contributed by atoms with E-state index in [1.807, 2.05) is 6.08 Å². The number of fused-ring (bicyclic) bond motifs is 4. The fourth-order valence-corrected chi connectivity index (χ4v) is 5.17. The molecule has 1 saturated heterocycles. The van der Waals surface area contributed by atoms with E-state index in [2.05, 4.69) is 47.4 Å². The molecule has 0 radical (unpaired) electrons. The molecule has 1 aliphatic carbocycles. The summed E-state index contributed by atoms with van der Waals surface area (Å²) in [6, 6.07) is 6.32. The maximum atomic E-state index is 6.61. The number of ether oxygens (including phenoxy) is 3. The van der Waals surface area contributed by atoms with Gasteiger partial charge in [0.1, 0.15) is 0 Å². The number of thiophene rings is 1. The number of allylic oxidation sites excluding steroid dienone is 2. The summed E-state index contributed by atoms with van der Waals surface area (Å²) in [6.07, 6.45) is 12.1. The summed E-state index contributed by atoms with van der Waals surface area (Å²) in [5.74, 6) is 0.930.